The van der Waals surface area contributed by atoms with Crippen molar-refractivity contribution in [1.82, 2.24) is 45.6 Å². The number of H-pyrrole nitrogens is 1. The van der Waals surface area contributed by atoms with Gasteiger partial charge < -0.3 is 64.0 Å². The van der Waals surface area contributed by atoms with Crippen molar-refractivity contribution in [2.75, 3.05) is 143 Å². The first-order chi connectivity index (χ1) is 59.1. The summed E-state index contributed by atoms with van der Waals surface area (Å²) in [6.45, 7) is 20.1. The monoisotopic (exact) mass is 1820 g/mol. The number of halogens is 4. The molecule has 4 aromatic rings. The number of amides is 2. The van der Waals surface area contributed by atoms with Crippen molar-refractivity contribution in [1.29, 1.82) is 0 Å². The fourth-order valence-electron chi connectivity index (χ4n) is 23.0. The van der Waals surface area contributed by atoms with E-state index in [1.807, 2.05) is 135 Å². The molecule has 7 fully saturated rings. The highest BCUT2D eigenvalue weighted by Gasteiger charge is 2.81. The second-order valence-corrected chi connectivity index (χ2v) is 39.3. The average Bonchev–Trinajstić information content (AvgIpc) is 1.47. The Bertz CT molecular complexity index is 4670. The quantitative estimate of drug-likeness (QED) is 0.00599. The lowest BCUT2D eigenvalue weighted by Crippen LogP contribution is -2.81. The number of fused-ring (bicyclic) bond motifs is 11. The number of rotatable bonds is 24. The van der Waals surface area contributed by atoms with E-state index in [0.717, 1.165) is 73.0 Å². The zero-order valence-electron chi connectivity index (χ0n) is 73.6. The van der Waals surface area contributed by atoms with Crippen LogP contribution in [0.15, 0.2) is 96.6 Å². The number of hydrogen-bond acceptors (Lipinski definition) is 23. The second kappa shape index (κ2) is 40.7. The average molecular weight is 1820 g/mol. The van der Waals surface area contributed by atoms with Crippen molar-refractivity contribution in [2.45, 2.75) is 184 Å². The molecule has 17 atom stereocenters. The molecule has 7 heterocycles. The number of aromatic nitrogens is 1. The minimum atomic E-state index is -2.84. The number of aliphatic hydroxyl groups excluding tert-OH is 1. The van der Waals surface area contributed by atoms with E-state index in [2.05, 4.69) is 40.9 Å². The number of anilines is 1. The van der Waals surface area contributed by atoms with Crippen LogP contribution in [0.2, 0.25) is 0 Å². The number of carbonyl (C=O) groups excluding carboxylic acids is 8. The number of hydrazine groups is 1. The molecule has 682 valence electrons. The largest absolute Gasteiger partial charge is 0.494 e. The van der Waals surface area contributed by atoms with Gasteiger partial charge in [-0.1, -0.05) is 94.0 Å². The van der Waals surface area contributed by atoms with Gasteiger partial charge in [-0.2, -0.15) is 0 Å². The topological polar surface area (TPSA) is 361 Å². The van der Waals surface area contributed by atoms with Crippen LogP contribution in [0.4, 0.5) is 5.69 Å². The maximum absolute atomic E-state index is 15.2. The zero-order valence-corrected chi connectivity index (χ0v) is 77.5. The Kier molecular flexibility index (Phi) is 32.2. The van der Waals surface area contributed by atoms with Crippen molar-refractivity contribution in [2.24, 2.45) is 39.9 Å². The molecule has 3 saturated heterocycles. The van der Waals surface area contributed by atoms with Crippen molar-refractivity contribution in [3.63, 3.8) is 0 Å². The normalized spacial score (nSPS) is 32.7. The number of nitrogens with one attached hydrogen (secondary N) is 5. The van der Waals surface area contributed by atoms with Crippen LogP contribution in [0.3, 0.4) is 0 Å². The highest BCUT2D eigenvalue weighted by molar-refractivity contribution is 7.54. The summed E-state index contributed by atoms with van der Waals surface area (Å²) < 4.78 is 43.0. The Balaban J connectivity index is 0.000000189. The van der Waals surface area contributed by atoms with Crippen LogP contribution in [0, 0.1) is 39.9 Å². The number of nitrogens with zero attached hydrogens (tertiary/aromatic N) is 5. The third-order valence-electron chi connectivity index (χ3n) is 28.5. The van der Waals surface area contributed by atoms with E-state index >= 15 is 4.79 Å². The molecule has 1 spiro atoms. The predicted molar refractivity (Wildman–Crippen MR) is 478 cm³/mol. The third kappa shape index (κ3) is 18.1. The van der Waals surface area contributed by atoms with E-state index in [1.165, 1.54) is 33.2 Å². The van der Waals surface area contributed by atoms with Crippen molar-refractivity contribution < 1.29 is 86.8 Å². The first kappa shape index (κ1) is 98.1. The molecule has 2 unspecified atom stereocenters. The molecule has 11 aliphatic rings. The van der Waals surface area contributed by atoms with Gasteiger partial charge in [-0.05, 0) is 170 Å². The number of para-hydroxylation sites is 1. The van der Waals surface area contributed by atoms with E-state index in [4.69, 9.17) is 69.9 Å². The Morgan fingerprint density at radius 2 is 1.52 bits per heavy atom. The highest BCUT2D eigenvalue weighted by Crippen LogP contribution is 2.71. The molecular weight excluding hydrogens is 1690 g/mol. The van der Waals surface area contributed by atoms with Crippen molar-refractivity contribution in [3.05, 3.63) is 130 Å². The summed E-state index contributed by atoms with van der Waals surface area (Å²) in [6.07, 6.45) is 14.5. The molecule has 2 bridgehead atoms. The molecule has 4 saturated carbocycles. The number of carbonyl (C=O) groups is 8. The summed E-state index contributed by atoms with van der Waals surface area (Å²) in [4.78, 5) is 117. The minimum Gasteiger partial charge on any atom is -0.494 e. The Morgan fingerprint density at radius 1 is 0.839 bits per heavy atom. The molecule has 9 N–H and O–H groups in total. The Morgan fingerprint density at radius 3 is 2.13 bits per heavy atom. The predicted octanol–water partition coefficient (Wildman–Crippen LogP) is 9.61. The Labute approximate surface area is 748 Å². The van der Waals surface area contributed by atoms with Crippen LogP contribution in [-0.2, 0) is 80.7 Å². The van der Waals surface area contributed by atoms with Crippen LogP contribution in [-0.4, -0.2) is 271 Å². The van der Waals surface area contributed by atoms with Gasteiger partial charge >= 0.3 is 25.6 Å². The molecule has 33 heteroatoms. The summed E-state index contributed by atoms with van der Waals surface area (Å²) in [5.74, 6) is -0.596. The van der Waals surface area contributed by atoms with E-state index in [1.54, 1.807) is 16.8 Å². The number of allylic oxidation sites excluding steroid dienone is 4. The molecule has 1 aromatic heterocycles. The zero-order chi connectivity index (χ0) is 90.3. The van der Waals surface area contributed by atoms with Crippen LogP contribution < -0.4 is 30.9 Å². The van der Waals surface area contributed by atoms with Crippen molar-refractivity contribution in [3.8, 4) is 5.75 Å². The van der Waals surface area contributed by atoms with Gasteiger partial charge in [-0.15, -0.1) is 46.4 Å². The molecule has 15 rings (SSSR count). The summed E-state index contributed by atoms with van der Waals surface area (Å²) in [7, 11) is 5.04. The van der Waals surface area contributed by atoms with Gasteiger partial charge in [0.25, 0.3) is 5.91 Å². The number of aromatic amines is 1. The Hall–Kier alpha value is -6.51. The molecular formula is C91H127Cl4N10O18P. The van der Waals surface area contributed by atoms with Gasteiger partial charge in [0.2, 0.25) is 12.0 Å². The molecule has 28 nitrogen and oxygen atoms in total. The number of ether oxygens (including phenoxy) is 4. The highest BCUT2D eigenvalue weighted by atomic mass is 35.5. The maximum Gasteiger partial charge on any atom is 0.344 e. The molecule has 3 aromatic carbocycles. The van der Waals surface area contributed by atoms with Crippen LogP contribution in [0.5, 0.6) is 5.75 Å². The standard InChI is InChI=1S/C46H56N4O10.C21H26O5.C12H19N3O.C7H15Cl2N2O2P.C5H11Cl2N/c1-7-42(55)22-28-23-45(40(53)58-5,36-30(16-20-48(24-28)25-42)29-12-9-10-13-33(29)47-36)32-15-14-31-34(35(32)57-4)50(26-51)38-44(31)18-21-49-19-11-17-43(8-2,37(44)49)39(60-27(3)52)46(38,56)41(54)59-6;1-19-7-5-13(23)9-12(19)3-4-14-15-6-8-21(26,17(25)11-22)20(15,2)10-16(24)18(14)19;1-9(2)15-12(16)11-6-4-10(5-7-11)8-14-13-3;8-2-5-11(6-3-9)14(12)10-4-1-7-13-14;1-8(4-2-6)5-3-7/h9-15,17,26,28,37-39,47,55-56H,7-8,16,18-25H2,1-6H3;5,7,9,14-15,18,22,26H,3-4,6,8,10-11H2,1-2H3;4-7,9,13-14H,8H2,1-3H3,(H,15,16);1-7H2,(H,10,12);2-5H2,1H3/t28-,37-,38+,39+,42-,43+,44+,45-,46-;14-,15-,18+,19-,20-,21-;;;/m00.../s1. The lowest BCUT2D eigenvalue weighted by Gasteiger charge is -2.63. The van der Waals surface area contributed by atoms with Crippen LogP contribution >= 0.6 is 54.1 Å². The smallest absolute Gasteiger partial charge is 0.344 e. The fraction of sp³-hybridized carbons (Fsp3) is 0.626. The van der Waals surface area contributed by atoms with E-state index < -0.39 is 100 Å². The van der Waals surface area contributed by atoms with Gasteiger partial charge in [0.05, 0.1) is 45.3 Å². The third-order valence-corrected chi connectivity index (χ3v) is 31.5. The molecule has 5 aliphatic carbocycles. The van der Waals surface area contributed by atoms with Gasteiger partial charge in [0, 0.05) is 170 Å². The number of hydrogen-bond donors (Lipinski definition) is 9. The summed E-state index contributed by atoms with van der Waals surface area (Å²) in [5.41, 5.74) is 2.49. The van der Waals surface area contributed by atoms with Crippen LogP contribution in [0.25, 0.3) is 10.9 Å². The van der Waals surface area contributed by atoms with Gasteiger partial charge in [-0.25, -0.2) is 14.6 Å². The molecule has 6 aliphatic heterocycles. The van der Waals surface area contributed by atoms with E-state index in [9.17, 15) is 58.6 Å². The SMILES string of the molecule is CC[C@]1(O)C[C@@H]2CN(CCc3c([nH]c4ccccc34)[C@@](C(=O)OC)(c3ccc4c(c3OC)N(C=O)[C@H]3[C@@](O)(C(=O)OC)[C@H](OC(C)=O)[C@]5(CC)C=CCN6CC[C@]43[C@@H]65)C2)C1.CN(CCCl)CCCl.CNNCc1ccc(C(=O)NC(C)C)cc1.C[C@]12C=CC(=O)C=C1CC[C@@H]1[C@@H]2C(=O)C[C@@]2(C)[C@H]1CC[C@]2(O)C(=O)CO.O=P1(N(CCCl)CCCl)NCCCO1. The molecule has 124 heavy (non-hydrogen) atoms. The number of ketones is 3. The minimum absolute atomic E-state index is 0.0206. The fourth-order valence-corrected chi connectivity index (χ4v) is 26.3. The van der Waals surface area contributed by atoms with E-state index in [0.29, 0.717) is 155 Å². The first-order valence-corrected chi connectivity index (χ1v) is 47.1. The lowest BCUT2D eigenvalue weighted by molar-refractivity contribution is -0.228. The number of alkyl halides is 4. The number of benzene rings is 3. The number of aliphatic hydroxyl groups is 4. The number of piperidine rings is 1. The lowest BCUT2D eigenvalue weighted by atomic mass is 9.46. The summed E-state index contributed by atoms with van der Waals surface area (Å²) >= 11 is 22.1. The summed E-state index contributed by atoms with van der Waals surface area (Å²) in [6, 6.07) is 17.8. The maximum atomic E-state index is 15.2. The van der Waals surface area contributed by atoms with Gasteiger partial charge in [-0.3, -0.25) is 58.8 Å². The first-order valence-electron chi connectivity index (χ1n) is 43.4. The van der Waals surface area contributed by atoms with Crippen LogP contribution in [0.1, 0.15) is 157 Å². The number of esters is 3. The van der Waals surface area contributed by atoms with Gasteiger partial charge in [0.1, 0.15) is 29.2 Å². The summed E-state index contributed by atoms with van der Waals surface area (Å²) in [5, 5.41) is 52.5. The number of methoxy groups -OCH3 is 3. The second-order valence-electron chi connectivity index (χ2n) is 35.7. The van der Waals surface area contributed by atoms with Crippen molar-refractivity contribution >= 4 is 118 Å². The molecule has 2 amide bonds. The number of Topliss-reactive ketones (excluding diaryl/α,β-unsaturated/α-hetero) is 2. The van der Waals surface area contributed by atoms with E-state index in [-0.39, 0.29) is 65.8 Å². The van der Waals surface area contributed by atoms with Gasteiger partial charge in [0.15, 0.2) is 17.7 Å². The molecule has 0 radical (unpaired) electrons.